The number of carbonyl (C=O) groups excluding carboxylic acids is 1. The van der Waals surface area contributed by atoms with Crippen molar-refractivity contribution in [2.45, 2.75) is 13.0 Å². The lowest BCUT2D eigenvalue weighted by atomic mass is 10.1. The average molecular weight is 379 g/mol. The van der Waals surface area contributed by atoms with Crippen LogP contribution in [0.4, 0.5) is 0 Å². The van der Waals surface area contributed by atoms with Gasteiger partial charge in [-0.3, -0.25) is 4.79 Å². The van der Waals surface area contributed by atoms with E-state index in [9.17, 15) is 4.79 Å². The zero-order valence-corrected chi connectivity index (χ0v) is 16.6. The monoisotopic (exact) mass is 379 g/mol. The van der Waals surface area contributed by atoms with Crippen LogP contribution in [0.25, 0.3) is 5.69 Å². The first-order valence-corrected chi connectivity index (χ1v) is 9.06. The Bertz CT molecular complexity index is 917. The molecule has 0 saturated heterocycles. The van der Waals surface area contributed by atoms with Crippen LogP contribution in [0.3, 0.4) is 0 Å². The Morgan fingerprint density at radius 3 is 2.43 bits per heavy atom. The lowest BCUT2D eigenvalue weighted by Crippen LogP contribution is -2.34. The van der Waals surface area contributed by atoms with E-state index in [0.29, 0.717) is 6.54 Å². The van der Waals surface area contributed by atoms with Crippen LogP contribution >= 0.6 is 0 Å². The third-order valence-corrected chi connectivity index (χ3v) is 4.60. The van der Waals surface area contributed by atoms with Gasteiger partial charge in [0.15, 0.2) is 5.69 Å². The quantitative estimate of drug-likeness (QED) is 0.683. The lowest BCUT2D eigenvalue weighted by molar-refractivity contribution is 0.0937. The summed E-state index contributed by atoms with van der Waals surface area (Å²) in [7, 11) is 5.60. The van der Waals surface area contributed by atoms with E-state index < -0.39 is 0 Å². The molecule has 1 N–H and O–H groups in total. The number of amides is 1. The lowest BCUT2D eigenvalue weighted by Gasteiger charge is -2.25. The largest absolute Gasteiger partial charge is 0.497 e. The average Bonchev–Trinajstić information content (AvgIpc) is 3.19. The van der Waals surface area contributed by atoms with Crippen LogP contribution in [0.2, 0.25) is 0 Å². The summed E-state index contributed by atoms with van der Waals surface area (Å²) in [6.07, 6.45) is 1.64. The normalized spacial score (nSPS) is 12.0. The molecule has 0 aliphatic heterocycles. The van der Waals surface area contributed by atoms with E-state index in [1.54, 1.807) is 18.0 Å². The number of ether oxygens (including phenoxy) is 1. The minimum absolute atomic E-state index is 0.0296. The molecule has 1 unspecified atom stereocenters. The molecule has 1 aromatic heterocycles. The second-order valence-electron chi connectivity index (χ2n) is 6.85. The van der Waals surface area contributed by atoms with Gasteiger partial charge in [-0.25, -0.2) is 4.68 Å². The molecule has 7 nitrogen and oxygen atoms in total. The number of aromatic nitrogens is 3. The molecular formula is C21H25N5O2. The molecule has 1 amide bonds. The summed E-state index contributed by atoms with van der Waals surface area (Å²) in [6, 6.07) is 15.7. The van der Waals surface area contributed by atoms with E-state index in [-0.39, 0.29) is 17.6 Å². The number of aryl methyl sites for hydroxylation is 1. The fourth-order valence-electron chi connectivity index (χ4n) is 2.90. The Morgan fingerprint density at radius 1 is 1.14 bits per heavy atom. The molecule has 1 heterocycles. The summed E-state index contributed by atoms with van der Waals surface area (Å²) in [5, 5.41) is 11.0. The van der Waals surface area contributed by atoms with Crippen LogP contribution in [0.5, 0.6) is 5.75 Å². The van der Waals surface area contributed by atoms with Gasteiger partial charge >= 0.3 is 0 Å². The van der Waals surface area contributed by atoms with Crippen molar-refractivity contribution in [2.24, 2.45) is 0 Å². The molecule has 0 bridgehead atoms. The molecular weight excluding hydrogens is 354 g/mol. The summed E-state index contributed by atoms with van der Waals surface area (Å²) in [5.74, 6) is 0.553. The first kappa shape index (κ1) is 19.6. The number of methoxy groups -OCH3 is 1. The summed E-state index contributed by atoms with van der Waals surface area (Å²) in [4.78, 5) is 14.6. The zero-order chi connectivity index (χ0) is 20.1. The third-order valence-electron chi connectivity index (χ3n) is 4.60. The number of benzene rings is 2. The maximum atomic E-state index is 12.5. The Balaban J connectivity index is 1.67. The Morgan fingerprint density at radius 2 is 1.82 bits per heavy atom. The molecule has 0 fully saturated rings. The van der Waals surface area contributed by atoms with E-state index in [4.69, 9.17) is 4.74 Å². The fourth-order valence-corrected chi connectivity index (χ4v) is 2.90. The molecule has 28 heavy (non-hydrogen) atoms. The van der Waals surface area contributed by atoms with Crippen molar-refractivity contribution in [2.75, 3.05) is 27.7 Å². The van der Waals surface area contributed by atoms with Gasteiger partial charge in [0, 0.05) is 6.54 Å². The molecule has 0 aliphatic carbocycles. The minimum atomic E-state index is -0.251. The van der Waals surface area contributed by atoms with Crippen molar-refractivity contribution in [3.8, 4) is 11.4 Å². The second-order valence-corrected chi connectivity index (χ2v) is 6.85. The number of rotatable bonds is 7. The van der Waals surface area contributed by atoms with Gasteiger partial charge in [-0.2, -0.15) is 0 Å². The standard InChI is InChI=1S/C21H25N5O2/c1-15-5-9-17(10-6-15)26-14-19(23-24-26)21(27)22-13-20(25(2)3)16-7-11-18(28-4)12-8-16/h5-12,14,20H,13H2,1-4H3,(H,22,27). The van der Waals surface area contributed by atoms with Crippen LogP contribution in [-0.4, -0.2) is 53.6 Å². The predicted molar refractivity (Wildman–Crippen MR) is 108 cm³/mol. The maximum Gasteiger partial charge on any atom is 0.273 e. The van der Waals surface area contributed by atoms with Gasteiger partial charge in [0.2, 0.25) is 0 Å². The third kappa shape index (κ3) is 4.55. The van der Waals surface area contributed by atoms with Gasteiger partial charge in [-0.05, 0) is 50.8 Å². The van der Waals surface area contributed by atoms with Crippen molar-refractivity contribution in [3.63, 3.8) is 0 Å². The SMILES string of the molecule is COc1ccc(C(CNC(=O)c2cn(-c3ccc(C)cc3)nn2)N(C)C)cc1. The molecule has 3 rings (SSSR count). The topological polar surface area (TPSA) is 72.3 Å². The first-order chi connectivity index (χ1) is 13.5. The van der Waals surface area contributed by atoms with Gasteiger partial charge in [-0.1, -0.05) is 35.0 Å². The summed E-state index contributed by atoms with van der Waals surface area (Å²) in [6.45, 7) is 2.48. The van der Waals surface area contributed by atoms with Gasteiger partial charge in [0.05, 0.1) is 25.0 Å². The van der Waals surface area contributed by atoms with Crippen molar-refractivity contribution in [1.82, 2.24) is 25.2 Å². The Hall–Kier alpha value is -3.19. The smallest absolute Gasteiger partial charge is 0.273 e. The second kappa shape index (κ2) is 8.67. The number of nitrogens with one attached hydrogen (secondary N) is 1. The molecule has 0 saturated carbocycles. The maximum absolute atomic E-state index is 12.5. The summed E-state index contributed by atoms with van der Waals surface area (Å²) < 4.78 is 6.81. The highest BCUT2D eigenvalue weighted by molar-refractivity contribution is 5.91. The zero-order valence-electron chi connectivity index (χ0n) is 16.6. The van der Waals surface area contributed by atoms with E-state index in [1.807, 2.05) is 69.6 Å². The molecule has 0 radical (unpaired) electrons. The van der Waals surface area contributed by atoms with Crippen LogP contribution in [0.1, 0.15) is 27.7 Å². The molecule has 146 valence electrons. The molecule has 0 spiro atoms. The number of carbonyl (C=O) groups is 1. The van der Waals surface area contributed by atoms with Crippen LogP contribution in [0.15, 0.2) is 54.7 Å². The summed E-state index contributed by atoms with van der Waals surface area (Å²) >= 11 is 0. The molecule has 2 aromatic carbocycles. The van der Waals surface area contributed by atoms with E-state index in [1.165, 1.54) is 0 Å². The first-order valence-electron chi connectivity index (χ1n) is 9.06. The van der Waals surface area contributed by atoms with E-state index in [2.05, 4.69) is 20.5 Å². The van der Waals surface area contributed by atoms with Crippen LogP contribution in [-0.2, 0) is 0 Å². The van der Waals surface area contributed by atoms with Crippen molar-refractivity contribution >= 4 is 5.91 Å². The predicted octanol–water partition coefficient (Wildman–Crippen LogP) is 2.62. The summed E-state index contributed by atoms with van der Waals surface area (Å²) in [5.41, 5.74) is 3.40. The Kier molecular flexibility index (Phi) is 6.06. The van der Waals surface area contributed by atoms with Gasteiger partial charge in [0.25, 0.3) is 5.91 Å². The van der Waals surface area contributed by atoms with Crippen LogP contribution in [0, 0.1) is 6.92 Å². The fraction of sp³-hybridized carbons (Fsp3) is 0.286. The van der Waals surface area contributed by atoms with E-state index >= 15 is 0 Å². The number of hydrogen-bond acceptors (Lipinski definition) is 5. The highest BCUT2D eigenvalue weighted by Crippen LogP contribution is 2.20. The molecule has 1 atom stereocenters. The molecule has 7 heteroatoms. The van der Waals surface area contributed by atoms with Crippen molar-refractivity contribution in [1.29, 1.82) is 0 Å². The van der Waals surface area contributed by atoms with E-state index in [0.717, 1.165) is 22.6 Å². The minimum Gasteiger partial charge on any atom is -0.497 e. The van der Waals surface area contributed by atoms with Gasteiger partial charge < -0.3 is 15.0 Å². The van der Waals surface area contributed by atoms with Crippen molar-refractivity contribution < 1.29 is 9.53 Å². The van der Waals surface area contributed by atoms with Gasteiger partial charge in [-0.15, -0.1) is 5.10 Å². The number of nitrogens with zero attached hydrogens (tertiary/aromatic N) is 4. The molecule has 3 aromatic rings. The highest BCUT2D eigenvalue weighted by Gasteiger charge is 2.18. The van der Waals surface area contributed by atoms with Crippen LogP contribution < -0.4 is 10.1 Å². The van der Waals surface area contributed by atoms with Crippen molar-refractivity contribution in [3.05, 3.63) is 71.5 Å². The Labute approximate surface area is 164 Å². The molecule has 0 aliphatic rings. The number of likely N-dealkylation sites (N-methyl/N-ethyl adjacent to an activating group) is 1. The number of hydrogen-bond donors (Lipinski definition) is 1. The van der Waals surface area contributed by atoms with Gasteiger partial charge in [0.1, 0.15) is 5.75 Å². The highest BCUT2D eigenvalue weighted by atomic mass is 16.5.